The fourth-order valence-corrected chi connectivity index (χ4v) is 4.43. The average molecular weight is 386 g/mol. The molecule has 3 aromatic heterocycles. The van der Waals surface area contributed by atoms with E-state index in [0.717, 1.165) is 45.0 Å². The second-order valence-electron chi connectivity index (χ2n) is 5.66. The molecule has 0 saturated carbocycles. The van der Waals surface area contributed by atoms with Gasteiger partial charge in [0.1, 0.15) is 22.0 Å². The standard InChI is InChI=1S/C18H15FN4OS2/c1-2-3-14-22-15(24-23-14)9-26-18-16-13(8-25-17(16)20-10-21-18)11-4-6-12(19)7-5-11/h4-8,10H,2-3,9H2,1H3. The Kier molecular flexibility index (Phi) is 4.94. The molecule has 132 valence electrons. The molecule has 1 aromatic carbocycles. The summed E-state index contributed by atoms with van der Waals surface area (Å²) in [5, 5.41) is 7.84. The van der Waals surface area contributed by atoms with Crippen molar-refractivity contribution in [3.63, 3.8) is 0 Å². The highest BCUT2D eigenvalue weighted by Crippen LogP contribution is 2.38. The first kappa shape index (κ1) is 17.1. The van der Waals surface area contributed by atoms with Crippen molar-refractivity contribution in [3.8, 4) is 11.1 Å². The fourth-order valence-electron chi connectivity index (χ4n) is 2.60. The lowest BCUT2D eigenvalue weighted by molar-refractivity contribution is 0.384. The van der Waals surface area contributed by atoms with Crippen LogP contribution in [0.25, 0.3) is 21.3 Å². The number of nitrogens with zero attached hydrogens (tertiary/aromatic N) is 4. The number of aryl methyl sites for hydroxylation is 1. The van der Waals surface area contributed by atoms with Gasteiger partial charge in [-0.2, -0.15) is 4.98 Å². The highest BCUT2D eigenvalue weighted by Gasteiger charge is 2.15. The van der Waals surface area contributed by atoms with Gasteiger partial charge in [-0.05, 0) is 24.1 Å². The zero-order chi connectivity index (χ0) is 17.9. The third-order valence-electron chi connectivity index (χ3n) is 3.81. The van der Waals surface area contributed by atoms with Crippen molar-refractivity contribution in [1.29, 1.82) is 0 Å². The Morgan fingerprint density at radius 2 is 2.04 bits per heavy atom. The number of halogens is 1. The van der Waals surface area contributed by atoms with E-state index in [9.17, 15) is 4.39 Å². The van der Waals surface area contributed by atoms with Crippen LogP contribution in [0.3, 0.4) is 0 Å². The van der Waals surface area contributed by atoms with E-state index < -0.39 is 0 Å². The molecule has 4 rings (SSSR count). The highest BCUT2D eigenvalue weighted by atomic mass is 32.2. The van der Waals surface area contributed by atoms with Crippen LogP contribution in [0.4, 0.5) is 4.39 Å². The molecule has 0 aliphatic rings. The van der Waals surface area contributed by atoms with Crippen LogP contribution >= 0.6 is 23.1 Å². The van der Waals surface area contributed by atoms with E-state index in [-0.39, 0.29) is 5.82 Å². The first-order valence-corrected chi connectivity index (χ1v) is 10.0. The number of hydrogen-bond donors (Lipinski definition) is 0. The molecule has 0 aliphatic heterocycles. The predicted octanol–water partition coefficient (Wildman–Crippen LogP) is 5.13. The summed E-state index contributed by atoms with van der Waals surface area (Å²) >= 11 is 3.09. The van der Waals surface area contributed by atoms with Crippen LogP contribution in [0.15, 0.2) is 45.5 Å². The summed E-state index contributed by atoms with van der Waals surface area (Å²) in [6.45, 7) is 2.08. The molecule has 0 fully saturated rings. The van der Waals surface area contributed by atoms with Gasteiger partial charge in [-0.1, -0.05) is 36.0 Å². The van der Waals surface area contributed by atoms with Gasteiger partial charge in [0.2, 0.25) is 5.89 Å². The van der Waals surface area contributed by atoms with Crippen molar-refractivity contribution in [3.05, 3.63) is 53.5 Å². The summed E-state index contributed by atoms with van der Waals surface area (Å²) < 4.78 is 18.5. The highest BCUT2D eigenvalue weighted by molar-refractivity contribution is 7.98. The van der Waals surface area contributed by atoms with E-state index in [2.05, 4.69) is 27.0 Å². The first-order valence-electron chi connectivity index (χ1n) is 8.17. The van der Waals surface area contributed by atoms with Gasteiger partial charge in [-0.15, -0.1) is 11.3 Å². The van der Waals surface area contributed by atoms with E-state index in [1.807, 2.05) is 5.38 Å². The van der Waals surface area contributed by atoms with Crippen LogP contribution in [0, 0.1) is 5.82 Å². The van der Waals surface area contributed by atoms with E-state index in [0.29, 0.717) is 11.6 Å². The maximum Gasteiger partial charge on any atom is 0.237 e. The molecule has 0 bridgehead atoms. The van der Waals surface area contributed by atoms with Crippen molar-refractivity contribution in [1.82, 2.24) is 20.1 Å². The molecule has 0 aliphatic carbocycles. The topological polar surface area (TPSA) is 64.7 Å². The molecule has 0 atom stereocenters. The zero-order valence-electron chi connectivity index (χ0n) is 14.0. The Hall–Kier alpha value is -2.32. The lowest BCUT2D eigenvalue weighted by Gasteiger charge is -2.04. The second-order valence-corrected chi connectivity index (χ2v) is 7.48. The zero-order valence-corrected chi connectivity index (χ0v) is 15.6. The number of thiophene rings is 1. The SMILES string of the molecule is CCCc1noc(CSc2ncnc3scc(-c4ccc(F)cc4)c23)n1. The Balaban J connectivity index is 1.64. The molecule has 8 heteroatoms. The third-order valence-corrected chi connectivity index (χ3v) is 5.67. The average Bonchev–Trinajstić information content (AvgIpc) is 3.28. The van der Waals surface area contributed by atoms with Gasteiger partial charge in [0.15, 0.2) is 5.82 Å². The molecule has 0 N–H and O–H groups in total. The fraction of sp³-hybridized carbons (Fsp3) is 0.222. The van der Waals surface area contributed by atoms with Crippen LogP contribution in [0.1, 0.15) is 25.1 Å². The molecule has 0 amide bonds. The summed E-state index contributed by atoms with van der Waals surface area (Å²) in [4.78, 5) is 14.1. The second kappa shape index (κ2) is 7.51. The monoisotopic (exact) mass is 386 g/mol. The number of hydrogen-bond acceptors (Lipinski definition) is 7. The third kappa shape index (κ3) is 3.47. The molecule has 0 radical (unpaired) electrons. The summed E-state index contributed by atoms with van der Waals surface area (Å²) in [7, 11) is 0. The summed E-state index contributed by atoms with van der Waals surface area (Å²) in [5.41, 5.74) is 1.95. The molecular formula is C18H15FN4OS2. The molecule has 5 nitrogen and oxygen atoms in total. The van der Waals surface area contributed by atoms with E-state index in [1.165, 1.54) is 23.9 Å². The Morgan fingerprint density at radius 1 is 1.19 bits per heavy atom. The minimum absolute atomic E-state index is 0.251. The number of rotatable bonds is 6. The number of thioether (sulfide) groups is 1. The van der Waals surface area contributed by atoms with E-state index in [1.54, 1.807) is 29.8 Å². The maximum atomic E-state index is 13.2. The lowest BCUT2D eigenvalue weighted by Crippen LogP contribution is -1.89. The number of aromatic nitrogens is 4. The van der Waals surface area contributed by atoms with Gasteiger partial charge >= 0.3 is 0 Å². The summed E-state index contributed by atoms with van der Waals surface area (Å²) in [6, 6.07) is 6.47. The van der Waals surface area contributed by atoms with Gasteiger partial charge in [0, 0.05) is 17.4 Å². The lowest BCUT2D eigenvalue weighted by atomic mass is 10.1. The summed E-state index contributed by atoms with van der Waals surface area (Å²) in [5.74, 6) is 1.61. The largest absolute Gasteiger partial charge is 0.338 e. The molecule has 0 spiro atoms. The van der Waals surface area contributed by atoms with Crippen LogP contribution in [0.2, 0.25) is 0 Å². The smallest absolute Gasteiger partial charge is 0.237 e. The van der Waals surface area contributed by atoms with Crippen LogP contribution < -0.4 is 0 Å². The van der Waals surface area contributed by atoms with Crippen molar-refractivity contribution in [2.45, 2.75) is 30.5 Å². The van der Waals surface area contributed by atoms with Gasteiger partial charge in [0.05, 0.1) is 11.1 Å². The van der Waals surface area contributed by atoms with Crippen LogP contribution in [-0.4, -0.2) is 20.1 Å². The van der Waals surface area contributed by atoms with Crippen molar-refractivity contribution in [2.24, 2.45) is 0 Å². The summed E-state index contributed by atoms with van der Waals surface area (Å²) in [6.07, 6.45) is 3.35. The minimum Gasteiger partial charge on any atom is -0.338 e. The predicted molar refractivity (Wildman–Crippen MR) is 101 cm³/mol. The molecule has 0 saturated heterocycles. The number of benzene rings is 1. The van der Waals surface area contributed by atoms with Gasteiger partial charge in [-0.3, -0.25) is 0 Å². The molecule has 0 unspecified atom stereocenters. The van der Waals surface area contributed by atoms with Crippen LogP contribution in [0.5, 0.6) is 0 Å². The minimum atomic E-state index is -0.251. The number of fused-ring (bicyclic) bond motifs is 1. The molecule has 4 aromatic rings. The van der Waals surface area contributed by atoms with Crippen molar-refractivity contribution < 1.29 is 8.91 Å². The molecule has 26 heavy (non-hydrogen) atoms. The van der Waals surface area contributed by atoms with E-state index >= 15 is 0 Å². The van der Waals surface area contributed by atoms with Gasteiger partial charge in [0.25, 0.3) is 0 Å². The van der Waals surface area contributed by atoms with Crippen molar-refractivity contribution >= 4 is 33.3 Å². The Labute approximate surface area is 157 Å². The van der Waals surface area contributed by atoms with E-state index in [4.69, 9.17) is 4.52 Å². The first-order chi connectivity index (χ1) is 12.7. The van der Waals surface area contributed by atoms with Crippen LogP contribution in [-0.2, 0) is 12.2 Å². The molecular weight excluding hydrogens is 371 g/mol. The molecule has 3 heterocycles. The normalized spacial score (nSPS) is 11.3. The van der Waals surface area contributed by atoms with Gasteiger partial charge < -0.3 is 4.52 Å². The maximum absolute atomic E-state index is 13.2. The van der Waals surface area contributed by atoms with Gasteiger partial charge in [-0.25, -0.2) is 14.4 Å². The van der Waals surface area contributed by atoms with Crippen molar-refractivity contribution in [2.75, 3.05) is 0 Å². The Morgan fingerprint density at radius 3 is 2.85 bits per heavy atom. The quantitative estimate of drug-likeness (QED) is 0.338. The Bertz CT molecular complexity index is 1030.